The number of aromatic nitrogens is 2. The summed E-state index contributed by atoms with van der Waals surface area (Å²) in [6.07, 6.45) is 18.1. The first-order valence-corrected chi connectivity index (χ1v) is 12.2. The van der Waals surface area contributed by atoms with Crippen molar-refractivity contribution >= 4 is 17.7 Å². The van der Waals surface area contributed by atoms with Crippen LogP contribution in [0.4, 0.5) is 0 Å². The summed E-state index contributed by atoms with van der Waals surface area (Å²) in [5.41, 5.74) is 3.89. The summed E-state index contributed by atoms with van der Waals surface area (Å²) in [6, 6.07) is 0.492. The molecule has 0 aromatic carbocycles. The number of nitrogens with zero attached hydrogens (tertiary/aromatic N) is 2. The molecule has 0 spiro atoms. The third-order valence-corrected chi connectivity index (χ3v) is 6.73. The highest BCUT2D eigenvalue weighted by molar-refractivity contribution is 5.77. The quantitative estimate of drug-likeness (QED) is 0.366. The Morgan fingerprint density at radius 2 is 2.10 bits per heavy atom. The Morgan fingerprint density at radius 3 is 2.84 bits per heavy atom. The average molecular weight is 425 g/mol. The van der Waals surface area contributed by atoms with E-state index in [0.29, 0.717) is 24.8 Å². The zero-order chi connectivity index (χ0) is 22.1. The maximum atomic E-state index is 12.8. The number of allylic oxidation sites excluding steroid dienone is 2. The second-order valence-corrected chi connectivity index (χ2v) is 9.13. The number of unbranched alkanes of at least 4 members (excludes halogenated alkanes) is 1. The van der Waals surface area contributed by atoms with Gasteiger partial charge in [-0.1, -0.05) is 38.0 Å². The number of nitrogens with one attached hydrogen (secondary N) is 2. The van der Waals surface area contributed by atoms with Crippen LogP contribution in [0.2, 0.25) is 0 Å². The van der Waals surface area contributed by atoms with E-state index in [0.717, 1.165) is 48.6 Å². The minimum absolute atomic E-state index is 0.255. The lowest BCUT2D eigenvalue weighted by Crippen LogP contribution is -2.30. The van der Waals surface area contributed by atoms with Crippen LogP contribution >= 0.6 is 0 Å². The minimum Gasteiger partial charge on any atom is -0.382 e. The molecular weight excluding hydrogens is 384 g/mol. The molecule has 5 nitrogen and oxygen atoms in total. The summed E-state index contributed by atoms with van der Waals surface area (Å²) < 4.78 is 0. The largest absolute Gasteiger partial charge is 0.382 e. The summed E-state index contributed by atoms with van der Waals surface area (Å²) >= 11 is 0. The number of likely N-dealkylation sites (tertiary alicyclic amines) is 1. The molecule has 2 fully saturated rings. The molecule has 1 amide bonds. The van der Waals surface area contributed by atoms with Crippen LogP contribution in [0.3, 0.4) is 0 Å². The van der Waals surface area contributed by atoms with Gasteiger partial charge in [-0.3, -0.25) is 9.89 Å². The van der Waals surface area contributed by atoms with Crippen molar-refractivity contribution < 1.29 is 4.79 Å². The predicted octanol–water partition coefficient (Wildman–Crippen LogP) is 5.47. The molecule has 3 rings (SSSR count). The second kappa shape index (κ2) is 11.9. The van der Waals surface area contributed by atoms with E-state index in [4.69, 9.17) is 0 Å². The molecule has 1 aliphatic carbocycles. The first-order valence-electron chi connectivity index (χ1n) is 12.2. The Balaban J connectivity index is 1.57. The van der Waals surface area contributed by atoms with Gasteiger partial charge in [0, 0.05) is 42.5 Å². The number of aromatic amines is 1. The fourth-order valence-corrected chi connectivity index (χ4v) is 4.99. The standard InChI is InChI=1S/C26H40N4O/c1-4-6-8-12-21-17-18-30(19-21)25(31)16-15-24-26(23(11-5-2)28-29-24)20(3)27-22-13-9-7-10-14-22/h4-5,11,21-22,27H,1,3,6-10,12-19H2,2H3,(H,28,29)/b11-5-. The lowest BCUT2D eigenvalue weighted by Gasteiger charge is -2.25. The van der Waals surface area contributed by atoms with Gasteiger partial charge in [-0.05, 0) is 63.9 Å². The minimum atomic E-state index is 0.255. The molecule has 2 N–H and O–H groups in total. The smallest absolute Gasteiger partial charge is 0.222 e. The van der Waals surface area contributed by atoms with Gasteiger partial charge in [-0.2, -0.15) is 5.10 Å². The van der Waals surface area contributed by atoms with Gasteiger partial charge in [-0.25, -0.2) is 0 Å². The molecule has 1 unspecified atom stereocenters. The summed E-state index contributed by atoms with van der Waals surface area (Å²) in [6.45, 7) is 11.9. The molecule has 2 aliphatic rings. The molecule has 170 valence electrons. The van der Waals surface area contributed by atoms with Crippen molar-refractivity contribution in [1.82, 2.24) is 20.4 Å². The number of amides is 1. The SMILES string of the molecule is C=CCCCC1CCN(C(=O)CCc2[nH]nc(/C=C\C)c2C(=C)NC2CCCCC2)C1. The van der Waals surface area contributed by atoms with Crippen molar-refractivity contribution in [2.24, 2.45) is 5.92 Å². The van der Waals surface area contributed by atoms with Crippen LogP contribution in [0.1, 0.15) is 88.1 Å². The number of hydrogen-bond donors (Lipinski definition) is 2. The topological polar surface area (TPSA) is 61.0 Å². The van der Waals surface area contributed by atoms with E-state index in [2.05, 4.69) is 33.6 Å². The van der Waals surface area contributed by atoms with Crippen LogP contribution in [-0.2, 0) is 11.2 Å². The number of carbonyl (C=O) groups is 1. The maximum absolute atomic E-state index is 12.8. The Labute approximate surface area is 188 Å². The molecule has 2 heterocycles. The highest BCUT2D eigenvalue weighted by Crippen LogP contribution is 2.26. The van der Waals surface area contributed by atoms with E-state index < -0.39 is 0 Å². The average Bonchev–Trinajstić information content (AvgIpc) is 3.40. The number of rotatable bonds is 11. The van der Waals surface area contributed by atoms with E-state index in [1.54, 1.807) is 0 Å². The lowest BCUT2D eigenvalue weighted by molar-refractivity contribution is -0.130. The normalized spacial score (nSPS) is 19.8. The van der Waals surface area contributed by atoms with Gasteiger partial charge in [0.25, 0.3) is 0 Å². The molecule has 0 bridgehead atoms. The van der Waals surface area contributed by atoms with Crippen LogP contribution in [0, 0.1) is 5.92 Å². The first kappa shape index (κ1) is 23.4. The number of hydrogen-bond acceptors (Lipinski definition) is 3. The maximum Gasteiger partial charge on any atom is 0.222 e. The fraction of sp³-hybridized carbons (Fsp3) is 0.615. The number of carbonyl (C=O) groups excluding carboxylic acids is 1. The monoisotopic (exact) mass is 424 g/mol. The van der Waals surface area contributed by atoms with Crippen LogP contribution in [-0.4, -0.2) is 40.1 Å². The highest BCUT2D eigenvalue weighted by atomic mass is 16.2. The third-order valence-electron chi connectivity index (χ3n) is 6.73. The molecule has 31 heavy (non-hydrogen) atoms. The molecule has 1 saturated carbocycles. The highest BCUT2D eigenvalue weighted by Gasteiger charge is 2.26. The van der Waals surface area contributed by atoms with E-state index in [-0.39, 0.29) is 5.91 Å². The molecule has 1 aromatic rings. The zero-order valence-electron chi connectivity index (χ0n) is 19.3. The van der Waals surface area contributed by atoms with Gasteiger partial charge in [-0.15, -0.1) is 6.58 Å². The second-order valence-electron chi connectivity index (χ2n) is 9.13. The first-order chi connectivity index (χ1) is 15.1. The molecular formula is C26H40N4O. The van der Waals surface area contributed by atoms with Crippen molar-refractivity contribution in [3.05, 3.63) is 42.3 Å². The third kappa shape index (κ3) is 6.59. The van der Waals surface area contributed by atoms with E-state index in [1.807, 2.05) is 25.2 Å². The van der Waals surface area contributed by atoms with Crippen LogP contribution in [0.25, 0.3) is 11.8 Å². The summed E-state index contributed by atoms with van der Waals surface area (Å²) in [7, 11) is 0. The van der Waals surface area contributed by atoms with Crippen molar-refractivity contribution in [3.8, 4) is 0 Å². The van der Waals surface area contributed by atoms with Crippen molar-refractivity contribution in [1.29, 1.82) is 0 Å². The molecule has 1 aliphatic heterocycles. The van der Waals surface area contributed by atoms with Crippen molar-refractivity contribution in [2.75, 3.05) is 13.1 Å². The number of H-pyrrole nitrogens is 1. The van der Waals surface area contributed by atoms with E-state index in [9.17, 15) is 4.79 Å². The summed E-state index contributed by atoms with van der Waals surface area (Å²) in [4.78, 5) is 14.9. The molecule has 1 saturated heterocycles. The van der Waals surface area contributed by atoms with Crippen molar-refractivity contribution in [2.45, 2.75) is 83.6 Å². The van der Waals surface area contributed by atoms with Crippen LogP contribution in [0.15, 0.2) is 25.3 Å². The summed E-state index contributed by atoms with van der Waals surface area (Å²) in [5, 5.41) is 11.3. The Hall–Kier alpha value is -2.30. The zero-order valence-corrected chi connectivity index (χ0v) is 19.3. The van der Waals surface area contributed by atoms with Crippen molar-refractivity contribution in [3.63, 3.8) is 0 Å². The summed E-state index contributed by atoms with van der Waals surface area (Å²) in [5.74, 6) is 0.901. The fourth-order valence-electron chi connectivity index (χ4n) is 4.99. The molecule has 1 atom stereocenters. The van der Waals surface area contributed by atoms with Crippen LogP contribution in [0.5, 0.6) is 0 Å². The number of aryl methyl sites for hydroxylation is 1. The lowest BCUT2D eigenvalue weighted by atomic mass is 9.94. The Bertz CT molecular complexity index is 772. The van der Waals surface area contributed by atoms with E-state index in [1.165, 1.54) is 44.9 Å². The van der Waals surface area contributed by atoms with Gasteiger partial charge >= 0.3 is 0 Å². The van der Waals surface area contributed by atoms with Gasteiger partial charge < -0.3 is 10.2 Å². The Kier molecular flexibility index (Phi) is 8.98. The van der Waals surface area contributed by atoms with Crippen LogP contribution < -0.4 is 5.32 Å². The van der Waals surface area contributed by atoms with Gasteiger partial charge in [0.15, 0.2) is 0 Å². The Morgan fingerprint density at radius 1 is 1.29 bits per heavy atom. The van der Waals surface area contributed by atoms with Gasteiger partial charge in [0.2, 0.25) is 5.91 Å². The molecule has 0 radical (unpaired) electrons. The molecule has 5 heteroatoms. The predicted molar refractivity (Wildman–Crippen MR) is 129 cm³/mol. The van der Waals surface area contributed by atoms with Gasteiger partial charge in [0.1, 0.15) is 0 Å². The van der Waals surface area contributed by atoms with Gasteiger partial charge in [0.05, 0.1) is 5.69 Å². The molecule has 1 aromatic heterocycles. The van der Waals surface area contributed by atoms with E-state index >= 15 is 0 Å².